The van der Waals surface area contributed by atoms with Gasteiger partial charge in [-0.25, -0.2) is 9.79 Å². The van der Waals surface area contributed by atoms with Gasteiger partial charge in [-0.05, 0) is 6.42 Å². The molecule has 0 saturated carbocycles. The lowest BCUT2D eigenvalue weighted by atomic mass is 10.0. The van der Waals surface area contributed by atoms with E-state index in [0.717, 1.165) is 0 Å². The highest BCUT2D eigenvalue weighted by atomic mass is 35.5. The van der Waals surface area contributed by atoms with Crippen LogP contribution in [-0.2, 0) is 9.53 Å². The molecule has 0 aromatic carbocycles. The van der Waals surface area contributed by atoms with Crippen LogP contribution in [0.1, 0.15) is 12.8 Å². The van der Waals surface area contributed by atoms with Crippen LogP contribution in [0.25, 0.3) is 0 Å². The van der Waals surface area contributed by atoms with E-state index in [0.29, 0.717) is 18.0 Å². The number of esters is 1. The zero-order chi connectivity index (χ0) is 8.06. The van der Waals surface area contributed by atoms with Crippen molar-refractivity contribution in [1.82, 2.24) is 0 Å². The maximum Gasteiger partial charge on any atom is 0.350 e. The Morgan fingerprint density at radius 1 is 1.73 bits per heavy atom. The Kier molecular flexibility index (Phi) is 1.41. The van der Waals surface area contributed by atoms with Gasteiger partial charge in [0.15, 0.2) is 6.10 Å². The van der Waals surface area contributed by atoms with Gasteiger partial charge in [0.1, 0.15) is 5.17 Å². The van der Waals surface area contributed by atoms with Crippen molar-refractivity contribution in [3.8, 4) is 0 Å². The van der Waals surface area contributed by atoms with Crippen molar-refractivity contribution in [2.24, 2.45) is 4.99 Å². The minimum absolute atomic E-state index is 0.311. The Morgan fingerprint density at radius 2 is 2.45 bits per heavy atom. The summed E-state index contributed by atoms with van der Waals surface area (Å²) in [5, 5.41) is 0.311. The number of carbonyl (C=O) groups excluding carboxylic acids is 1. The highest BCUT2D eigenvalue weighted by Gasteiger charge is 2.49. The lowest BCUT2D eigenvalue weighted by Gasteiger charge is -2.35. The van der Waals surface area contributed by atoms with Gasteiger partial charge in [0.2, 0.25) is 5.00 Å². The van der Waals surface area contributed by atoms with Crippen molar-refractivity contribution in [1.29, 1.82) is 0 Å². The van der Waals surface area contributed by atoms with Crippen LogP contribution in [0.4, 0.5) is 0 Å². The average Bonchev–Trinajstić information content (AvgIpc) is 1.92. The van der Waals surface area contributed by atoms with Crippen LogP contribution in [0.3, 0.4) is 0 Å². The third kappa shape index (κ3) is 0.948. The lowest BCUT2D eigenvalue weighted by molar-refractivity contribution is -0.155. The molecule has 3 nitrogen and oxygen atoms in total. The number of rotatable bonds is 0. The molecule has 2 unspecified atom stereocenters. The van der Waals surface area contributed by atoms with E-state index in [-0.39, 0.29) is 6.10 Å². The summed E-state index contributed by atoms with van der Waals surface area (Å²) in [7, 11) is 0. The number of hydrogen-bond donors (Lipinski definition) is 0. The first-order valence-corrected chi connectivity index (χ1v) is 4.03. The molecule has 0 amide bonds. The van der Waals surface area contributed by atoms with Gasteiger partial charge >= 0.3 is 5.97 Å². The molecule has 1 fully saturated rings. The first-order valence-electron chi connectivity index (χ1n) is 3.27. The molecule has 0 aliphatic carbocycles. The number of hydrogen-bond acceptors (Lipinski definition) is 3. The summed E-state index contributed by atoms with van der Waals surface area (Å²) in [6.45, 7) is 0. The normalized spacial score (nSPS) is 41.8. The Bertz CT molecular complexity index is 253. The standard InChI is InChI=1S/C6H5Cl2NO2/c7-4-3-1-2-6(8,9-4)5(10)11-3/h3H,1-2H2. The summed E-state index contributed by atoms with van der Waals surface area (Å²) in [5.74, 6) is -0.472. The monoisotopic (exact) mass is 193 g/mol. The Morgan fingerprint density at radius 3 is 2.82 bits per heavy atom. The summed E-state index contributed by atoms with van der Waals surface area (Å²) in [5.41, 5.74) is 0. The molecular formula is C6H5Cl2NO2. The van der Waals surface area contributed by atoms with Crippen LogP contribution in [0.5, 0.6) is 0 Å². The largest absolute Gasteiger partial charge is 0.452 e. The van der Waals surface area contributed by atoms with E-state index in [2.05, 4.69) is 4.99 Å². The number of halogens is 2. The van der Waals surface area contributed by atoms with E-state index in [4.69, 9.17) is 27.9 Å². The molecule has 60 valence electrons. The molecule has 3 aliphatic rings. The van der Waals surface area contributed by atoms with E-state index < -0.39 is 11.0 Å². The van der Waals surface area contributed by atoms with Gasteiger partial charge in [-0.15, -0.1) is 0 Å². The van der Waals surface area contributed by atoms with Crippen LogP contribution in [0.2, 0.25) is 0 Å². The molecule has 2 atom stereocenters. The number of nitrogens with zero attached hydrogens (tertiary/aromatic N) is 1. The maximum atomic E-state index is 11.0. The van der Waals surface area contributed by atoms with Crippen molar-refractivity contribution >= 4 is 34.3 Å². The highest BCUT2D eigenvalue weighted by Crippen LogP contribution is 2.38. The second-order valence-electron chi connectivity index (χ2n) is 2.63. The van der Waals surface area contributed by atoms with Gasteiger partial charge in [0.25, 0.3) is 0 Å². The summed E-state index contributed by atoms with van der Waals surface area (Å²) in [6, 6.07) is 0. The van der Waals surface area contributed by atoms with Crippen molar-refractivity contribution < 1.29 is 9.53 Å². The molecule has 0 aromatic heterocycles. The quantitative estimate of drug-likeness (QED) is 0.331. The van der Waals surface area contributed by atoms with Crippen molar-refractivity contribution in [2.75, 3.05) is 0 Å². The third-order valence-corrected chi connectivity index (χ3v) is 2.61. The minimum Gasteiger partial charge on any atom is -0.452 e. The van der Waals surface area contributed by atoms with Gasteiger partial charge in [-0.1, -0.05) is 23.2 Å². The molecule has 0 radical (unpaired) electrons. The molecule has 3 rings (SSSR count). The molecule has 0 spiro atoms. The van der Waals surface area contributed by atoms with Gasteiger partial charge in [0.05, 0.1) is 0 Å². The zero-order valence-corrected chi connectivity index (χ0v) is 7.02. The summed E-state index contributed by atoms with van der Waals surface area (Å²) in [6.07, 6.45) is 0.857. The second kappa shape index (κ2) is 2.11. The Hall–Kier alpha value is -0.280. The fraction of sp³-hybridized carbons (Fsp3) is 0.667. The summed E-state index contributed by atoms with van der Waals surface area (Å²) in [4.78, 5) is 13.6. The smallest absolute Gasteiger partial charge is 0.350 e. The fourth-order valence-electron chi connectivity index (χ4n) is 1.21. The zero-order valence-electron chi connectivity index (χ0n) is 5.51. The maximum absolute atomic E-state index is 11.0. The molecule has 5 heteroatoms. The first-order chi connectivity index (χ1) is 5.12. The van der Waals surface area contributed by atoms with E-state index in [1.807, 2.05) is 0 Å². The molecule has 3 aliphatic heterocycles. The number of alkyl halides is 1. The third-order valence-electron chi connectivity index (χ3n) is 1.85. The SMILES string of the molecule is O=C1OC2CCC1(Cl)N=C2Cl. The van der Waals surface area contributed by atoms with Crippen LogP contribution < -0.4 is 0 Å². The van der Waals surface area contributed by atoms with Crippen molar-refractivity contribution in [2.45, 2.75) is 23.9 Å². The molecule has 2 bridgehead atoms. The summed E-state index contributed by atoms with van der Waals surface area (Å²) >= 11 is 11.5. The molecule has 0 N–H and O–H groups in total. The lowest BCUT2D eigenvalue weighted by Crippen LogP contribution is -2.48. The predicted molar refractivity (Wildman–Crippen MR) is 41.0 cm³/mol. The fourth-order valence-corrected chi connectivity index (χ4v) is 1.80. The van der Waals surface area contributed by atoms with E-state index >= 15 is 0 Å². The topological polar surface area (TPSA) is 38.7 Å². The summed E-state index contributed by atoms with van der Waals surface area (Å²) < 4.78 is 4.87. The molecule has 1 saturated heterocycles. The van der Waals surface area contributed by atoms with Crippen LogP contribution in [-0.4, -0.2) is 22.2 Å². The van der Waals surface area contributed by atoms with E-state index in [1.54, 1.807) is 0 Å². The highest BCUT2D eigenvalue weighted by molar-refractivity contribution is 6.67. The van der Waals surface area contributed by atoms with Crippen LogP contribution in [0.15, 0.2) is 4.99 Å². The van der Waals surface area contributed by atoms with Crippen LogP contribution in [0, 0.1) is 0 Å². The van der Waals surface area contributed by atoms with Crippen molar-refractivity contribution in [3.05, 3.63) is 0 Å². The Labute approximate surface area is 73.3 Å². The minimum atomic E-state index is -1.22. The molecular weight excluding hydrogens is 189 g/mol. The number of ether oxygens (including phenoxy) is 1. The number of fused-ring (bicyclic) bond motifs is 2. The van der Waals surface area contributed by atoms with Crippen LogP contribution >= 0.6 is 23.2 Å². The average molecular weight is 194 g/mol. The van der Waals surface area contributed by atoms with Crippen molar-refractivity contribution in [3.63, 3.8) is 0 Å². The van der Waals surface area contributed by atoms with Gasteiger partial charge in [-0.2, -0.15) is 0 Å². The number of carbonyl (C=O) groups is 1. The first kappa shape index (κ1) is 7.37. The van der Waals surface area contributed by atoms with Gasteiger partial charge in [-0.3, -0.25) is 0 Å². The predicted octanol–water partition coefficient (Wildman–Crippen LogP) is 1.28. The molecule has 3 heterocycles. The molecule has 11 heavy (non-hydrogen) atoms. The second-order valence-corrected chi connectivity index (χ2v) is 3.64. The van der Waals surface area contributed by atoms with E-state index in [1.165, 1.54) is 0 Å². The van der Waals surface area contributed by atoms with E-state index in [9.17, 15) is 4.79 Å². The van der Waals surface area contributed by atoms with Gasteiger partial charge in [0, 0.05) is 6.42 Å². The number of aliphatic imine (C=N–C) groups is 1. The Balaban J connectivity index is 2.44. The van der Waals surface area contributed by atoms with Gasteiger partial charge < -0.3 is 4.74 Å². The molecule has 0 aromatic rings.